The van der Waals surface area contributed by atoms with Crippen LogP contribution in [-0.2, 0) is 5.75 Å². The molecule has 0 unspecified atom stereocenters. The van der Waals surface area contributed by atoms with Gasteiger partial charge in [-0.15, -0.1) is 11.8 Å². The van der Waals surface area contributed by atoms with Gasteiger partial charge in [0.2, 0.25) is 0 Å². The van der Waals surface area contributed by atoms with E-state index >= 15 is 0 Å². The number of nitrogens with zero attached hydrogens (tertiary/aromatic N) is 1. The molecule has 0 saturated carbocycles. The van der Waals surface area contributed by atoms with Gasteiger partial charge in [-0.1, -0.05) is 29.8 Å². The molecule has 0 radical (unpaired) electrons. The van der Waals surface area contributed by atoms with Crippen molar-refractivity contribution in [3.05, 3.63) is 69.7 Å². The van der Waals surface area contributed by atoms with Crippen molar-refractivity contribution in [2.75, 3.05) is 0 Å². The highest BCUT2D eigenvalue weighted by molar-refractivity contribution is 7.98. The predicted molar refractivity (Wildman–Crippen MR) is 86.4 cm³/mol. The van der Waals surface area contributed by atoms with E-state index in [9.17, 15) is 4.79 Å². The standard InChI is InChI=1S/C16H11ClN2OS/c17-10-5-7-11(8-6-10)19-15-12-3-1-2-4-14(12)21-9-13(15)18-16(19)20/h1-8H,9H2,(H,18,20). The van der Waals surface area contributed by atoms with Gasteiger partial charge in [0.05, 0.1) is 17.1 Å². The number of imidazole rings is 1. The molecule has 0 amide bonds. The van der Waals surface area contributed by atoms with Crippen LogP contribution < -0.4 is 5.69 Å². The zero-order valence-corrected chi connectivity index (χ0v) is 12.5. The van der Waals surface area contributed by atoms with Gasteiger partial charge in [0.15, 0.2) is 0 Å². The van der Waals surface area contributed by atoms with Crippen LogP contribution in [0.2, 0.25) is 5.02 Å². The number of fused-ring (bicyclic) bond motifs is 3. The summed E-state index contributed by atoms with van der Waals surface area (Å²) < 4.78 is 1.73. The Hall–Kier alpha value is -1.91. The van der Waals surface area contributed by atoms with Crippen LogP contribution in [0.1, 0.15) is 5.69 Å². The molecule has 3 nitrogen and oxygen atoms in total. The molecule has 0 bridgehead atoms. The molecule has 0 saturated heterocycles. The average molecular weight is 315 g/mol. The van der Waals surface area contributed by atoms with Crippen LogP contribution in [0, 0.1) is 0 Å². The normalized spacial score (nSPS) is 12.8. The second-order valence-electron chi connectivity index (χ2n) is 4.85. The smallest absolute Gasteiger partial charge is 0.308 e. The topological polar surface area (TPSA) is 37.8 Å². The van der Waals surface area contributed by atoms with Crippen LogP contribution >= 0.6 is 23.4 Å². The molecule has 104 valence electrons. The van der Waals surface area contributed by atoms with E-state index in [2.05, 4.69) is 17.1 Å². The van der Waals surface area contributed by atoms with E-state index in [1.54, 1.807) is 28.5 Å². The van der Waals surface area contributed by atoms with Crippen molar-refractivity contribution in [3.63, 3.8) is 0 Å². The molecular formula is C16H11ClN2OS. The number of hydrogen-bond acceptors (Lipinski definition) is 2. The van der Waals surface area contributed by atoms with Gasteiger partial charge in [0, 0.05) is 21.2 Å². The first-order valence-electron chi connectivity index (χ1n) is 6.56. The Kier molecular flexibility index (Phi) is 2.94. The molecule has 1 N–H and O–H groups in total. The molecule has 4 rings (SSSR count). The predicted octanol–water partition coefficient (Wildman–Crippen LogP) is 4.09. The van der Waals surface area contributed by atoms with Crippen molar-refractivity contribution in [1.29, 1.82) is 0 Å². The zero-order chi connectivity index (χ0) is 14.4. The second-order valence-corrected chi connectivity index (χ2v) is 6.31. The molecule has 2 heterocycles. The summed E-state index contributed by atoms with van der Waals surface area (Å²) in [6.45, 7) is 0. The van der Waals surface area contributed by atoms with Crippen molar-refractivity contribution in [1.82, 2.24) is 9.55 Å². The Bertz CT molecular complexity index is 880. The van der Waals surface area contributed by atoms with Crippen LogP contribution in [0.5, 0.6) is 0 Å². The van der Waals surface area contributed by atoms with Gasteiger partial charge < -0.3 is 4.98 Å². The lowest BCUT2D eigenvalue weighted by atomic mass is 10.1. The lowest BCUT2D eigenvalue weighted by Crippen LogP contribution is -2.15. The Morgan fingerprint density at radius 2 is 1.86 bits per heavy atom. The largest absolute Gasteiger partial charge is 0.330 e. The number of hydrogen-bond donors (Lipinski definition) is 1. The summed E-state index contributed by atoms with van der Waals surface area (Å²) in [7, 11) is 0. The first-order chi connectivity index (χ1) is 10.2. The summed E-state index contributed by atoms with van der Waals surface area (Å²) in [5.74, 6) is 0.780. The number of aromatic nitrogens is 2. The van der Waals surface area contributed by atoms with E-state index in [-0.39, 0.29) is 5.69 Å². The third kappa shape index (κ3) is 2.03. The van der Waals surface area contributed by atoms with Crippen molar-refractivity contribution >= 4 is 23.4 Å². The third-order valence-electron chi connectivity index (χ3n) is 3.57. The van der Waals surface area contributed by atoms with E-state index in [1.807, 2.05) is 24.3 Å². The molecule has 1 aliphatic rings. The molecule has 0 atom stereocenters. The third-order valence-corrected chi connectivity index (χ3v) is 4.92. The van der Waals surface area contributed by atoms with Crippen molar-refractivity contribution in [2.45, 2.75) is 10.6 Å². The fourth-order valence-corrected chi connectivity index (χ4v) is 3.77. The van der Waals surface area contributed by atoms with Gasteiger partial charge in [0.25, 0.3) is 0 Å². The first-order valence-corrected chi connectivity index (χ1v) is 7.92. The van der Waals surface area contributed by atoms with Gasteiger partial charge in [-0.2, -0.15) is 0 Å². The number of nitrogens with one attached hydrogen (secondary N) is 1. The lowest BCUT2D eigenvalue weighted by molar-refractivity contribution is 0.990. The Morgan fingerprint density at radius 3 is 2.67 bits per heavy atom. The highest BCUT2D eigenvalue weighted by Gasteiger charge is 2.23. The van der Waals surface area contributed by atoms with Crippen LogP contribution in [0.25, 0.3) is 16.9 Å². The molecule has 2 aromatic carbocycles. The minimum atomic E-state index is -0.111. The Balaban J connectivity index is 2.01. The van der Waals surface area contributed by atoms with E-state index in [4.69, 9.17) is 11.6 Å². The summed E-state index contributed by atoms with van der Waals surface area (Å²) >= 11 is 7.69. The van der Waals surface area contributed by atoms with Gasteiger partial charge >= 0.3 is 5.69 Å². The highest BCUT2D eigenvalue weighted by Crippen LogP contribution is 2.40. The Morgan fingerprint density at radius 1 is 1.10 bits per heavy atom. The van der Waals surface area contributed by atoms with Crippen molar-refractivity contribution < 1.29 is 0 Å². The summed E-state index contributed by atoms with van der Waals surface area (Å²) in [6.07, 6.45) is 0. The average Bonchev–Trinajstić information content (AvgIpc) is 2.85. The minimum absolute atomic E-state index is 0.111. The molecule has 1 aromatic heterocycles. The lowest BCUT2D eigenvalue weighted by Gasteiger charge is -2.17. The SMILES string of the molecule is O=c1[nH]c2c(n1-c1ccc(Cl)cc1)-c1ccccc1SC2. The Labute approximate surface area is 130 Å². The monoisotopic (exact) mass is 314 g/mol. The molecule has 0 fully saturated rings. The molecule has 21 heavy (non-hydrogen) atoms. The van der Waals surface area contributed by atoms with E-state index < -0.39 is 0 Å². The van der Waals surface area contributed by atoms with Crippen LogP contribution in [0.3, 0.4) is 0 Å². The highest BCUT2D eigenvalue weighted by atomic mass is 35.5. The number of benzene rings is 2. The summed E-state index contributed by atoms with van der Waals surface area (Å²) in [6, 6.07) is 15.5. The molecule has 0 aliphatic carbocycles. The maximum Gasteiger partial charge on any atom is 0.330 e. The maximum absolute atomic E-state index is 12.4. The fourth-order valence-electron chi connectivity index (χ4n) is 2.64. The molecule has 5 heteroatoms. The summed E-state index contributed by atoms with van der Waals surface area (Å²) in [4.78, 5) is 16.5. The quantitative estimate of drug-likeness (QED) is 0.734. The number of H-pyrrole nitrogens is 1. The summed E-state index contributed by atoms with van der Waals surface area (Å²) in [5.41, 5.74) is 3.73. The van der Waals surface area contributed by atoms with Crippen LogP contribution in [-0.4, -0.2) is 9.55 Å². The first kappa shape index (κ1) is 12.8. The number of thioether (sulfide) groups is 1. The number of aromatic amines is 1. The van der Waals surface area contributed by atoms with Gasteiger partial charge in [0.1, 0.15) is 0 Å². The van der Waals surface area contributed by atoms with Gasteiger partial charge in [-0.25, -0.2) is 4.79 Å². The molecule has 0 spiro atoms. The summed E-state index contributed by atoms with van der Waals surface area (Å²) in [5, 5.41) is 0.659. The second kappa shape index (κ2) is 4.83. The molecule has 1 aliphatic heterocycles. The van der Waals surface area contributed by atoms with E-state index in [0.29, 0.717) is 5.02 Å². The number of halogens is 1. The van der Waals surface area contributed by atoms with E-state index in [0.717, 1.165) is 28.4 Å². The van der Waals surface area contributed by atoms with Gasteiger partial charge in [-0.3, -0.25) is 4.57 Å². The zero-order valence-electron chi connectivity index (χ0n) is 11.0. The fraction of sp³-hybridized carbons (Fsp3) is 0.0625. The molecule has 3 aromatic rings. The minimum Gasteiger partial charge on any atom is -0.308 e. The van der Waals surface area contributed by atoms with E-state index in [1.165, 1.54) is 4.90 Å². The molecular weight excluding hydrogens is 304 g/mol. The number of rotatable bonds is 1. The van der Waals surface area contributed by atoms with Gasteiger partial charge in [-0.05, 0) is 30.3 Å². The van der Waals surface area contributed by atoms with Crippen molar-refractivity contribution in [3.8, 4) is 16.9 Å². The van der Waals surface area contributed by atoms with Crippen LogP contribution in [0.15, 0.2) is 58.2 Å². The van der Waals surface area contributed by atoms with Crippen molar-refractivity contribution in [2.24, 2.45) is 0 Å². The van der Waals surface area contributed by atoms with Crippen LogP contribution in [0.4, 0.5) is 0 Å². The maximum atomic E-state index is 12.4.